The number of hydrogen-bond donors (Lipinski definition) is 0. The number of amides is 1. The van der Waals surface area contributed by atoms with Gasteiger partial charge < -0.3 is 9.64 Å². The van der Waals surface area contributed by atoms with Crippen LogP contribution in [0.5, 0.6) is 0 Å². The minimum atomic E-state index is -0.471. The highest BCUT2D eigenvalue weighted by molar-refractivity contribution is 6.42. The zero-order valence-corrected chi connectivity index (χ0v) is 14.9. The monoisotopic (exact) mass is 341 g/mol. The third kappa shape index (κ3) is 4.17. The molecule has 0 saturated carbocycles. The molecule has 0 unspecified atom stereocenters. The summed E-state index contributed by atoms with van der Waals surface area (Å²) >= 11 is 12.1. The van der Waals surface area contributed by atoms with E-state index in [1.165, 1.54) is 5.57 Å². The van der Waals surface area contributed by atoms with Gasteiger partial charge in [-0.05, 0) is 62.9 Å². The van der Waals surface area contributed by atoms with Crippen LogP contribution in [0.4, 0.5) is 4.79 Å². The summed E-state index contributed by atoms with van der Waals surface area (Å²) in [5.74, 6) is 0. The Kier molecular flexibility index (Phi) is 5.08. The van der Waals surface area contributed by atoms with E-state index in [1.54, 1.807) is 4.90 Å². The number of ether oxygens (including phenoxy) is 1. The van der Waals surface area contributed by atoms with Crippen molar-refractivity contribution in [2.75, 3.05) is 13.1 Å². The molecule has 0 fully saturated rings. The standard InChI is InChI=1S/C17H21Cl2NO2/c1-11-9-14(18)15(19)10-13(11)12-5-7-20(8-6-12)16(21)22-17(2,3)4/h5,9-10H,6-8H2,1-4H3. The van der Waals surface area contributed by atoms with Crippen molar-refractivity contribution in [2.24, 2.45) is 0 Å². The van der Waals surface area contributed by atoms with E-state index in [0.717, 1.165) is 17.5 Å². The Morgan fingerprint density at radius 3 is 2.41 bits per heavy atom. The summed E-state index contributed by atoms with van der Waals surface area (Å²) < 4.78 is 5.40. The quantitative estimate of drug-likeness (QED) is 0.691. The first-order valence-corrected chi connectivity index (χ1v) is 8.06. The van der Waals surface area contributed by atoms with Crippen molar-refractivity contribution in [1.29, 1.82) is 0 Å². The van der Waals surface area contributed by atoms with Gasteiger partial charge in [0.2, 0.25) is 0 Å². The largest absolute Gasteiger partial charge is 0.444 e. The van der Waals surface area contributed by atoms with Gasteiger partial charge in [-0.2, -0.15) is 0 Å². The van der Waals surface area contributed by atoms with Gasteiger partial charge in [-0.3, -0.25) is 0 Å². The van der Waals surface area contributed by atoms with Gasteiger partial charge in [-0.15, -0.1) is 0 Å². The summed E-state index contributed by atoms with van der Waals surface area (Å²) in [7, 11) is 0. The summed E-state index contributed by atoms with van der Waals surface area (Å²) in [4.78, 5) is 13.8. The molecular formula is C17H21Cl2NO2. The number of nitrogens with zero attached hydrogens (tertiary/aromatic N) is 1. The highest BCUT2D eigenvalue weighted by atomic mass is 35.5. The molecule has 120 valence electrons. The molecule has 1 aromatic rings. The number of carbonyl (C=O) groups excluding carboxylic acids is 1. The van der Waals surface area contributed by atoms with Gasteiger partial charge >= 0.3 is 6.09 Å². The number of rotatable bonds is 1. The molecule has 0 atom stereocenters. The molecule has 0 bridgehead atoms. The molecule has 1 amide bonds. The highest BCUT2D eigenvalue weighted by Crippen LogP contribution is 2.32. The minimum absolute atomic E-state index is 0.270. The highest BCUT2D eigenvalue weighted by Gasteiger charge is 2.24. The molecule has 22 heavy (non-hydrogen) atoms. The average molecular weight is 342 g/mol. The average Bonchev–Trinajstić information content (AvgIpc) is 2.41. The molecule has 1 heterocycles. The van der Waals surface area contributed by atoms with Crippen LogP contribution in [0.25, 0.3) is 5.57 Å². The molecule has 1 aliphatic rings. The molecule has 0 N–H and O–H groups in total. The molecule has 0 radical (unpaired) electrons. The number of carbonyl (C=O) groups is 1. The van der Waals surface area contributed by atoms with E-state index in [0.29, 0.717) is 23.1 Å². The Morgan fingerprint density at radius 1 is 1.23 bits per heavy atom. The summed E-state index contributed by atoms with van der Waals surface area (Å²) in [6.07, 6.45) is 2.56. The Balaban J connectivity index is 2.12. The van der Waals surface area contributed by atoms with Gasteiger partial charge in [0, 0.05) is 13.1 Å². The summed E-state index contributed by atoms with van der Waals surface area (Å²) in [6.45, 7) is 8.81. The molecule has 5 heteroatoms. The van der Waals surface area contributed by atoms with Crippen LogP contribution in [0.1, 0.15) is 38.3 Å². The maximum atomic E-state index is 12.1. The van der Waals surface area contributed by atoms with Crippen molar-refractivity contribution in [3.05, 3.63) is 39.4 Å². The lowest BCUT2D eigenvalue weighted by atomic mass is 9.96. The van der Waals surface area contributed by atoms with Gasteiger partial charge in [-0.25, -0.2) is 4.79 Å². The Morgan fingerprint density at radius 2 is 1.86 bits per heavy atom. The smallest absolute Gasteiger partial charge is 0.410 e. The van der Waals surface area contributed by atoms with Crippen molar-refractivity contribution in [3.8, 4) is 0 Å². The second-order valence-corrected chi connectivity index (χ2v) is 7.30. The van der Waals surface area contributed by atoms with Crippen molar-refractivity contribution < 1.29 is 9.53 Å². The lowest BCUT2D eigenvalue weighted by Gasteiger charge is -2.30. The number of halogens is 2. The van der Waals surface area contributed by atoms with Gasteiger partial charge in [0.25, 0.3) is 0 Å². The third-order valence-electron chi connectivity index (χ3n) is 3.47. The van der Waals surface area contributed by atoms with Crippen molar-refractivity contribution in [2.45, 2.75) is 39.7 Å². The fourth-order valence-electron chi connectivity index (χ4n) is 2.40. The molecule has 3 nitrogen and oxygen atoms in total. The lowest BCUT2D eigenvalue weighted by molar-refractivity contribution is 0.0270. The van der Waals surface area contributed by atoms with Crippen LogP contribution in [-0.4, -0.2) is 29.7 Å². The SMILES string of the molecule is Cc1cc(Cl)c(Cl)cc1C1=CCN(C(=O)OC(C)(C)C)CC1. The normalized spacial score (nSPS) is 15.5. The molecule has 1 aliphatic heterocycles. The predicted octanol–water partition coefficient (Wildman–Crippen LogP) is 5.33. The van der Waals surface area contributed by atoms with Crippen LogP contribution in [0.15, 0.2) is 18.2 Å². The summed E-state index contributed by atoms with van der Waals surface area (Å²) in [6, 6.07) is 3.77. The molecule has 2 rings (SSSR count). The van der Waals surface area contributed by atoms with Gasteiger partial charge in [0.05, 0.1) is 10.0 Å². The first-order valence-electron chi connectivity index (χ1n) is 7.30. The first-order chi connectivity index (χ1) is 10.2. The van der Waals surface area contributed by atoms with E-state index >= 15 is 0 Å². The second-order valence-electron chi connectivity index (χ2n) is 6.49. The molecule has 1 aromatic carbocycles. The van der Waals surface area contributed by atoms with E-state index in [9.17, 15) is 4.79 Å². The molecule has 0 spiro atoms. The third-order valence-corrected chi connectivity index (χ3v) is 4.20. The maximum Gasteiger partial charge on any atom is 0.410 e. The lowest BCUT2D eigenvalue weighted by Crippen LogP contribution is -2.39. The van der Waals surface area contributed by atoms with Crippen LogP contribution < -0.4 is 0 Å². The molecule has 0 saturated heterocycles. The Hall–Kier alpha value is -1.19. The molecule has 0 aliphatic carbocycles. The first kappa shape index (κ1) is 17.2. The Bertz CT molecular complexity index is 618. The minimum Gasteiger partial charge on any atom is -0.444 e. The van der Waals surface area contributed by atoms with E-state index < -0.39 is 5.60 Å². The predicted molar refractivity (Wildman–Crippen MR) is 91.6 cm³/mol. The van der Waals surface area contributed by atoms with Gasteiger partial charge in [-0.1, -0.05) is 29.3 Å². The number of hydrogen-bond acceptors (Lipinski definition) is 2. The van der Waals surface area contributed by atoms with E-state index in [4.69, 9.17) is 27.9 Å². The number of benzene rings is 1. The van der Waals surface area contributed by atoms with E-state index in [1.807, 2.05) is 39.8 Å². The molecular weight excluding hydrogens is 321 g/mol. The van der Waals surface area contributed by atoms with Crippen LogP contribution >= 0.6 is 23.2 Å². The van der Waals surface area contributed by atoms with Crippen LogP contribution in [0, 0.1) is 6.92 Å². The van der Waals surface area contributed by atoms with Crippen molar-refractivity contribution in [1.82, 2.24) is 4.90 Å². The summed E-state index contributed by atoms with van der Waals surface area (Å²) in [5, 5.41) is 1.12. The van der Waals surface area contributed by atoms with Crippen molar-refractivity contribution >= 4 is 34.9 Å². The fraction of sp³-hybridized carbons (Fsp3) is 0.471. The zero-order valence-electron chi connectivity index (χ0n) is 13.4. The van der Waals surface area contributed by atoms with Crippen LogP contribution in [0.2, 0.25) is 10.0 Å². The topological polar surface area (TPSA) is 29.5 Å². The Labute approximate surface area is 141 Å². The van der Waals surface area contributed by atoms with E-state index in [-0.39, 0.29) is 6.09 Å². The number of aryl methyl sites for hydroxylation is 1. The van der Waals surface area contributed by atoms with Crippen LogP contribution in [-0.2, 0) is 4.74 Å². The zero-order chi connectivity index (χ0) is 16.5. The van der Waals surface area contributed by atoms with Crippen LogP contribution in [0.3, 0.4) is 0 Å². The van der Waals surface area contributed by atoms with Gasteiger partial charge in [0.15, 0.2) is 0 Å². The van der Waals surface area contributed by atoms with Gasteiger partial charge in [0.1, 0.15) is 5.60 Å². The van der Waals surface area contributed by atoms with E-state index in [2.05, 4.69) is 6.08 Å². The summed E-state index contributed by atoms with van der Waals surface area (Å²) in [5.41, 5.74) is 2.90. The fourth-order valence-corrected chi connectivity index (χ4v) is 2.78. The van der Waals surface area contributed by atoms with Crippen molar-refractivity contribution in [3.63, 3.8) is 0 Å². The second kappa shape index (κ2) is 6.51. The molecule has 0 aromatic heterocycles. The maximum absolute atomic E-state index is 12.1.